The second kappa shape index (κ2) is 4.11. The van der Waals surface area contributed by atoms with Gasteiger partial charge in [-0.1, -0.05) is 12.1 Å². The van der Waals surface area contributed by atoms with Gasteiger partial charge in [0.05, 0.1) is 7.11 Å². The zero-order valence-electron chi connectivity index (χ0n) is 8.62. The van der Waals surface area contributed by atoms with Crippen molar-refractivity contribution in [2.24, 2.45) is 0 Å². The molecule has 84 valence electrons. The molecule has 0 saturated heterocycles. The summed E-state index contributed by atoms with van der Waals surface area (Å²) in [6.07, 6.45) is -0.713. The van der Waals surface area contributed by atoms with E-state index in [9.17, 15) is 15.1 Å². The second-order valence-electron chi connectivity index (χ2n) is 3.46. The van der Waals surface area contributed by atoms with Crippen molar-refractivity contribution in [2.45, 2.75) is 6.10 Å². The molecular weight excluding hydrogens is 213 g/mol. The molecule has 0 amide bonds. The molecule has 1 N–H and O–H groups in total. The molecule has 16 heavy (non-hydrogen) atoms. The number of hydrogen-bond acceptors (Lipinski definition) is 5. The predicted octanol–water partition coefficient (Wildman–Crippen LogP) is -0.269. The maximum atomic E-state index is 10.4. The molecule has 0 aliphatic carbocycles. The topological polar surface area (TPSA) is 81.8 Å². The van der Waals surface area contributed by atoms with E-state index in [1.165, 1.54) is 7.11 Å². The summed E-state index contributed by atoms with van der Waals surface area (Å²) in [5, 5.41) is 20.1. The monoisotopic (exact) mass is 223 g/mol. The first kappa shape index (κ1) is 10.9. The molecule has 0 aromatic heterocycles. The van der Waals surface area contributed by atoms with Crippen LogP contribution in [-0.4, -0.2) is 30.7 Å². The van der Waals surface area contributed by atoms with Crippen molar-refractivity contribution in [2.75, 3.05) is 13.7 Å². The highest BCUT2D eigenvalue weighted by Gasteiger charge is 2.39. The highest BCUT2D eigenvalue weighted by Crippen LogP contribution is 2.27. The summed E-state index contributed by atoms with van der Waals surface area (Å²) < 4.78 is 10.2. The molecule has 0 bridgehead atoms. The molecule has 1 aliphatic rings. The lowest BCUT2D eigenvalue weighted by atomic mass is 9.78. The molecule has 6 nitrogen and oxygen atoms in total. The highest BCUT2D eigenvalue weighted by atomic mass is 16.6. The van der Waals surface area contributed by atoms with Crippen LogP contribution in [0.25, 0.3) is 0 Å². The largest absolute Gasteiger partial charge is 0.497 e. The van der Waals surface area contributed by atoms with Gasteiger partial charge >= 0.3 is 7.12 Å². The quantitative estimate of drug-likeness (QED) is 0.433. The number of fused-ring (bicyclic) bond motifs is 1. The summed E-state index contributed by atoms with van der Waals surface area (Å²) in [6, 6.07) is 5.09. The van der Waals surface area contributed by atoms with Crippen LogP contribution in [0.5, 0.6) is 5.75 Å². The molecule has 1 aromatic carbocycles. The van der Waals surface area contributed by atoms with Gasteiger partial charge in [0.2, 0.25) is 6.54 Å². The van der Waals surface area contributed by atoms with Crippen molar-refractivity contribution < 1.29 is 19.3 Å². The fourth-order valence-electron chi connectivity index (χ4n) is 1.86. The predicted molar refractivity (Wildman–Crippen MR) is 56.3 cm³/mol. The zero-order chi connectivity index (χ0) is 11.7. The maximum Gasteiger partial charge on any atom is 0.496 e. The summed E-state index contributed by atoms with van der Waals surface area (Å²) in [5.41, 5.74) is 1.10. The Bertz CT molecular complexity index is 424. The van der Waals surface area contributed by atoms with Gasteiger partial charge in [-0.05, 0) is 11.6 Å². The molecule has 1 aliphatic heterocycles. The molecule has 0 spiro atoms. The second-order valence-corrected chi connectivity index (χ2v) is 3.46. The Morgan fingerprint density at radius 3 is 3.06 bits per heavy atom. The standard InChI is InChI=1S/C9H10BNO5/c1-15-7-4-2-3-6-8(5-11(13)14)16-10(12)9(6)7/h2-4,8,12H,5H2,1H3. The van der Waals surface area contributed by atoms with Gasteiger partial charge in [-0.15, -0.1) is 0 Å². The van der Waals surface area contributed by atoms with Crippen LogP contribution in [0, 0.1) is 10.1 Å². The van der Waals surface area contributed by atoms with Crippen molar-refractivity contribution in [3.63, 3.8) is 0 Å². The van der Waals surface area contributed by atoms with E-state index in [0.717, 1.165) is 0 Å². The third-order valence-electron chi connectivity index (χ3n) is 2.52. The smallest absolute Gasteiger partial charge is 0.496 e. The van der Waals surface area contributed by atoms with E-state index < -0.39 is 18.1 Å². The normalized spacial score (nSPS) is 18.4. The number of methoxy groups -OCH3 is 1. The van der Waals surface area contributed by atoms with Crippen LogP contribution in [0.3, 0.4) is 0 Å². The lowest BCUT2D eigenvalue weighted by Gasteiger charge is -2.07. The molecule has 1 heterocycles. The van der Waals surface area contributed by atoms with Gasteiger partial charge in [0.1, 0.15) is 11.9 Å². The van der Waals surface area contributed by atoms with E-state index in [0.29, 0.717) is 16.8 Å². The summed E-state index contributed by atoms with van der Waals surface area (Å²) in [6.45, 7) is -0.364. The number of rotatable bonds is 3. The van der Waals surface area contributed by atoms with Crippen molar-refractivity contribution >= 4 is 12.6 Å². The Labute approximate surface area is 92.1 Å². The molecule has 0 radical (unpaired) electrons. The van der Waals surface area contributed by atoms with Crippen LogP contribution < -0.4 is 10.2 Å². The van der Waals surface area contributed by atoms with Crippen molar-refractivity contribution in [1.82, 2.24) is 0 Å². The summed E-state index contributed by atoms with van der Waals surface area (Å²) in [5.74, 6) is 0.482. The minimum atomic E-state index is -1.16. The minimum absolute atomic E-state index is 0.364. The summed E-state index contributed by atoms with van der Waals surface area (Å²) in [4.78, 5) is 9.97. The average molecular weight is 223 g/mol. The lowest BCUT2D eigenvalue weighted by Crippen LogP contribution is -2.29. The first-order valence-electron chi connectivity index (χ1n) is 4.75. The van der Waals surface area contributed by atoms with Crippen molar-refractivity contribution in [1.29, 1.82) is 0 Å². The van der Waals surface area contributed by atoms with Crippen molar-refractivity contribution in [3.05, 3.63) is 33.9 Å². The van der Waals surface area contributed by atoms with E-state index >= 15 is 0 Å². The Hall–Kier alpha value is -1.60. The zero-order valence-corrected chi connectivity index (χ0v) is 8.62. The molecule has 1 atom stereocenters. The summed E-state index contributed by atoms with van der Waals surface area (Å²) >= 11 is 0. The van der Waals surface area contributed by atoms with E-state index in [2.05, 4.69) is 0 Å². The van der Waals surface area contributed by atoms with Crippen molar-refractivity contribution in [3.8, 4) is 5.75 Å². The minimum Gasteiger partial charge on any atom is -0.497 e. The fraction of sp³-hybridized carbons (Fsp3) is 0.333. The fourth-order valence-corrected chi connectivity index (χ4v) is 1.86. The van der Waals surface area contributed by atoms with E-state index in [1.54, 1.807) is 18.2 Å². The average Bonchev–Trinajstić information content (AvgIpc) is 2.55. The number of benzene rings is 1. The maximum absolute atomic E-state index is 10.4. The van der Waals surface area contributed by atoms with Crippen LogP contribution in [0.2, 0.25) is 0 Å². The van der Waals surface area contributed by atoms with E-state index in [4.69, 9.17) is 9.39 Å². The van der Waals surface area contributed by atoms with Gasteiger partial charge in [0.15, 0.2) is 0 Å². The number of hydrogen-bond donors (Lipinski definition) is 1. The Morgan fingerprint density at radius 1 is 1.69 bits per heavy atom. The van der Waals surface area contributed by atoms with Gasteiger partial charge in [0.25, 0.3) is 0 Å². The van der Waals surface area contributed by atoms with Gasteiger partial charge < -0.3 is 14.4 Å². The molecule has 1 unspecified atom stereocenters. The van der Waals surface area contributed by atoms with Crippen LogP contribution in [-0.2, 0) is 4.65 Å². The van der Waals surface area contributed by atoms with E-state index in [-0.39, 0.29) is 6.54 Å². The van der Waals surface area contributed by atoms with Gasteiger partial charge in [-0.3, -0.25) is 10.1 Å². The number of ether oxygens (including phenoxy) is 1. The summed E-state index contributed by atoms with van der Waals surface area (Å²) in [7, 11) is 0.319. The van der Waals surface area contributed by atoms with Gasteiger partial charge in [0, 0.05) is 10.4 Å². The van der Waals surface area contributed by atoms with Crippen LogP contribution >= 0.6 is 0 Å². The van der Waals surface area contributed by atoms with E-state index in [1.807, 2.05) is 0 Å². The third kappa shape index (κ3) is 1.75. The van der Waals surface area contributed by atoms with Crippen LogP contribution in [0.4, 0.5) is 0 Å². The first-order chi connectivity index (χ1) is 7.63. The molecular formula is C9H10BNO5. The lowest BCUT2D eigenvalue weighted by molar-refractivity contribution is -0.490. The molecule has 7 heteroatoms. The molecule has 0 saturated carbocycles. The molecule has 1 aromatic rings. The number of nitro groups is 1. The number of nitrogens with zero attached hydrogens (tertiary/aromatic N) is 1. The van der Waals surface area contributed by atoms with Gasteiger partial charge in [-0.2, -0.15) is 0 Å². The molecule has 0 fully saturated rings. The van der Waals surface area contributed by atoms with Crippen LogP contribution in [0.1, 0.15) is 11.7 Å². The Morgan fingerprint density at radius 2 is 2.44 bits per heavy atom. The van der Waals surface area contributed by atoms with Crippen LogP contribution in [0.15, 0.2) is 18.2 Å². The Kier molecular flexibility index (Phi) is 2.80. The SMILES string of the molecule is COc1cccc2c1B(O)OC2C[N+](=O)[O-]. The first-order valence-corrected chi connectivity index (χ1v) is 4.75. The molecule has 2 rings (SSSR count). The van der Waals surface area contributed by atoms with Gasteiger partial charge in [-0.25, -0.2) is 0 Å². The third-order valence-corrected chi connectivity index (χ3v) is 2.52. The Balaban J connectivity index is 2.39. The highest BCUT2D eigenvalue weighted by molar-refractivity contribution is 6.62.